The number of hydrogen-bond acceptors (Lipinski definition) is 1. The zero-order valence-electron chi connectivity index (χ0n) is 7.37. The molecular weight excluding hydrogens is 236 g/mol. The van der Waals surface area contributed by atoms with Crippen molar-refractivity contribution in [2.24, 2.45) is 0 Å². The largest absolute Gasteiger partial charge is 0.418 e. The first kappa shape index (κ1) is 12.4. The maximum absolute atomic E-state index is 12.3. The molecule has 85 valence electrons. The summed E-state index contributed by atoms with van der Waals surface area (Å²) in [5.74, 6) is 0. The predicted octanol–water partition coefficient (Wildman–Crippen LogP) is 3.40. The van der Waals surface area contributed by atoms with Gasteiger partial charge in [-0.25, -0.2) is 0 Å². The third kappa shape index (κ3) is 2.45. The number of halogens is 6. The van der Waals surface area contributed by atoms with E-state index in [0.29, 0.717) is 12.1 Å². The Morgan fingerprint density at radius 1 is 1.00 bits per heavy atom. The molecule has 7 heteroatoms. The molecule has 1 aromatic rings. The molecule has 0 aromatic heterocycles. The highest BCUT2D eigenvalue weighted by molar-refractivity contribution is 5.41. The Labute approximate surface area is 85.9 Å². The Kier molecular flexibility index (Phi) is 2.86. The first-order valence-electron chi connectivity index (χ1n) is 3.77. The van der Waals surface area contributed by atoms with Crippen molar-refractivity contribution in [2.75, 3.05) is 0 Å². The van der Waals surface area contributed by atoms with Crippen LogP contribution in [0.15, 0.2) is 12.1 Å². The summed E-state index contributed by atoms with van der Waals surface area (Å²) in [5, 5.41) is 8.32. The Bertz CT molecular complexity index is 437. The molecule has 0 amide bonds. The van der Waals surface area contributed by atoms with Gasteiger partial charge in [0, 0.05) is 6.07 Å². The van der Waals surface area contributed by atoms with Crippen molar-refractivity contribution in [3.8, 4) is 6.07 Å². The summed E-state index contributed by atoms with van der Waals surface area (Å²) < 4.78 is 73.1. The molecule has 0 aliphatic rings. The average Bonchev–Trinajstić information content (AvgIpc) is 2.14. The minimum Gasteiger partial charge on any atom is -0.192 e. The zero-order chi connectivity index (χ0) is 12.6. The quantitative estimate of drug-likeness (QED) is 0.635. The maximum Gasteiger partial charge on any atom is 0.418 e. The fourth-order valence-electron chi connectivity index (χ4n) is 0.976. The lowest BCUT2D eigenvalue weighted by Crippen LogP contribution is -2.12. The second-order valence-corrected chi connectivity index (χ2v) is 2.77. The highest BCUT2D eigenvalue weighted by Crippen LogP contribution is 2.36. The summed E-state index contributed by atoms with van der Waals surface area (Å²) in [5.41, 5.74) is -4.15. The summed E-state index contributed by atoms with van der Waals surface area (Å²) in [4.78, 5) is 0. The van der Waals surface area contributed by atoms with Crippen molar-refractivity contribution < 1.29 is 26.3 Å². The van der Waals surface area contributed by atoms with Gasteiger partial charge in [-0.05, 0) is 12.1 Å². The van der Waals surface area contributed by atoms with Gasteiger partial charge in [0.25, 0.3) is 0 Å². The molecule has 0 heterocycles. The summed E-state index contributed by atoms with van der Waals surface area (Å²) >= 11 is 0. The molecule has 1 nitrogen and oxygen atoms in total. The van der Waals surface area contributed by atoms with E-state index in [2.05, 4.69) is 0 Å². The van der Waals surface area contributed by atoms with Gasteiger partial charge in [-0.1, -0.05) is 0 Å². The smallest absolute Gasteiger partial charge is 0.192 e. The van der Waals surface area contributed by atoms with E-state index >= 15 is 0 Å². The van der Waals surface area contributed by atoms with Gasteiger partial charge < -0.3 is 0 Å². The number of alkyl halides is 6. The maximum atomic E-state index is 12.3. The topological polar surface area (TPSA) is 23.8 Å². The van der Waals surface area contributed by atoms with E-state index in [-0.39, 0.29) is 0 Å². The normalized spacial score (nSPS) is 12.3. The Hall–Kier alpha value is -1.71. The first-order valence-corrected chi connectivity index (χ1v) is 3.77. The lowest BCUT2D eigenvalue weighted by molar-refractivity contribution is -0.143. The van der Waals surface area contributed by atoms with Crippen LogP contribution >= 0.6 is 0 Å². The molecule has 0 spiro atoms. The van der Waals surface area contributed by atoms with E-state index in [1.807, 2.05) is 0 Å². The van der Waals surface area contributed by atoms with E-state index in [9.17, 15) is 26.3 Å². The van der Waals surface area contributed by atoms with Crippen molar-refractivity contribution in [1.29, 1.82) is 5.26 Å². The highest BCUT2D eigenvalue weighted by atomic mass is 19.4. The van der Waals surface area contributed by atoms with Gasteiger partial charge in [-0.15, -0.1) is 0 Å². The Morgan fingerprint density at radius 2 is 1.56 bits per heavy atom. The van der Waals surface area contributed by atoms with E-state index in [1.165, 1.54) is 6.07 Å². The third-order valence-corrected chi connectivity index (χ3v) is 1.65. The highest BCUT2D eigenvalue weighted by Gasteiger charge is 2.38. The molecule has 0 unspecified atom stereocenters. The van der Waals surface area contributed by atoms with Crippen molar-refractivity contribution in [2.45, 2.75) is 12.4 Å². The molecule has 0 aliphatic heterocycles. The van der Waals surface area contributed by atoms with Gasteiger partial charge in [-0.2, -0.15) is 31.6 Å². The molecule has 0 saturated carbocycles. The number of rotatable bonds is 0. The zero-order valence-corrected chi connectivity index (χ0v) is 7.37. The molecule has 1 aromatic carbocycles. The standard InChI is InChI=1S/C9H2F6N/c10-8(11,12)6-2-1-5(4-16)7(3-6)9(13,14)15/h1-2H. The van der Waals surface area contributed by atoms with Crippen LogP contribution < -0.4 is 0 Å². The van der Waals surface area contributed by atoms with Gasteiger partial charge in [0.15, 0.2) is 0 Å². The Morgan fingerprint density at radius 3 is 1.94 bits per heavy atom. The van der Waals surface area contributed by atoms with Crippen LogP contribution in [0.25, 0.3) is 0 Å². The molecule has 1 rings (SSSR count). The SMILES string of the molecule is N#Cc1ccc(C(F)(F)F)[c]c1C(F)(F)F. The fraction of sp³-hybridized carbons (Fsp3) is 0.222. The van der Waals surface area contributed by atoms with E-state index in [4.69, 9.17) is 5.26 Å². The number of hydrogen-bond donors (Lipinski definition) is 0. The molecular formula is C9H2F6N. The molecule has 0 N–H and O–H groups in total. The van der Waals surface area contributed by atoms with E-state index in [1.54, 1.807) is 0 Å². The lowest BCUT2D eigenvalue weighted by Gasteiger charge is -2.11. The molecule has 1 radical (unpaired) electrons. The van der Waals surface area contributed by atoms with Crippen LogP contribution in [-0.2, 0) is 12.4 Å². The van der Waals surface area contributed by atoms with Gasteiger partial charge in [0.05, 0.1) is 22.8 Å². The van der Waals surface area contributed by atoms with Crippen molar-refractivity contribution >= 4 is 0 Å². The van der Waals surface area contributed by atoms with Gasteiger partial charge in [0.2, 0.25) is 0 Å². The predicted molar refractivity (Wildman–Crippen MR) is 40.0 cm³/mol. The van der Waals surface area contributed by atoms with E-state index < -0.39 is 29.0 Å². The number of nitriles is 1. The van der Waals surface area contributed by atoms with Crippen LogP contribution in [0.4, 0.5) is 26.3 Å². The van der Waals surface area contributed by atoms with Crippen molar-refractivity contribution in [3.05, 3.63) is 34.9 Å². The van der Waals surface area contributed by atoms with Crippen LogP contribution in [0.5, 0.6) is 0 Å². The second kappa shape index (κ2) is 3.70. The summed E-state index contributed by atoms with van der Waals surface area (Å²) in [6.45, 7) is 0. The minimum atomic E-state index is -5.04. The molecule has 0 aliphatic carbocycles. The second-order valence-electron chi connectivity index (χ2n) is 2.77. The minimum absolute atomic E-state index is 0.383. The van der Waals surface area contributed by atoms with Crippen LogP contribution in [0.2, 0.25) is 0 Å². The summed E-state index contributed by atoms with van der Waals surface area (Å²) in [6, 6.07) is 3.19. The van der Waals surface area contributed by atoms with E-state index in [0.717, 1.165) is 6.07 Å². The lowest BCUT2D eigenvalue weighted by atomic mass is 10.0. The Balaban J connectivity index is 3.41. The summed E-state index contributed by atoms with van der Waals surface area (Å²) in [6.07, 6.45) is -9.96. The number of nitrogens with zero attached hydrogens (tertiary/aromatic N) is 1. The molecule has 16 heavy (non-hydrogen) atoms. The van der Waals surface area contributed by atoms with Crippen LogP contribution in [-0.4, -0.2) is 0 Å². The number of benzene rings is 1. The van der Waals surface area contributed by atoms with Crippen LogP contribution in [0, 0.1) is 17.4 Å². The first-order chi connectivity index (χ1) is 7.16. The van der Waals surface area contributed by atoms with Crippen LogP contribution in [0.1, 0.15) is 16.7 Å². The van der Waals surface area contributed by atoms with Gasteiger partial charge in [0.1, 0.15) is 0 Å². The van der Waals surface area contributed by atoms with Crippen molar-refractivity contribution in [3.63, 3.8) is 0 Å². The molecule has 0 atom stereocenters. The monoisotopic (exact) mass is 238 g/mol. The van der Waals surface area contributed by atoms with Gasteiger partial charge >= 0.3 is 12.4 Å². The molecule has 0 bridgehead atoms. The van der Waals surface area contributed by atoms with Crippen molar-refractivity contribution in [1.82, 2.24) is 0 Å². The van der Waals surface area contributed by atoms with Crippen LogP contribution in [0.3, 0.4) is 0 Å². The third-order valence-electron chi connectivity index (χ3n) is 1.65. The average molecular weight is 238 g/mol. The molecule has 0 saturated heterocycles. The van der Waals surface area contributed by atoms with Gasteiger partial charge in [-0.3, -0.25) is 0 Å². The molecule has 0 fully saturated rings. The fourth-order valence-corrected chi connectivity index (χ4v) is 0.976. The summed E-state index contributed by atoms with van der Waals surface area (Å²) in [7, 11) is 0.